The van der Waals surface area contributed by atoms with Gasteiger partial charge in [-0.25, -0.2) is 0 Å². The van der Waals surface area contributed by atoms with Crippen molar-refractivity contribution < 1.29 is 9.26 Å². The van der Waals surface area contributed by atoms with Crippen molar-refractivity contribution in [3.63, 3.8) is 0 Å². The number of hydrogen-bond acceptors (Lipinski definition) is 5. The summed E-state index contributed by atoms with van der Waals surface area (Å²) >= 11 is 0. The van der Waals surface area contributed by atoms with Crippen molar-refractivity contribution in [2.45, 2.75) is 39.0 Å². The van der Waals surface area contributed by atoms with Crippen LogP contribution in [0.4, 0.5) is 5.95 Å². The SMILES string of the molecule is CCc1nc(N2CCC[C@@H](CCCOC)C2)no1. The van der Waals surface area contributed by atoms with Crippen molar-refractivity contribution in [2.24, 2.45) is 5.92 Å². The van der Waals surface area contributed by atoms with Gasteiger partial charge in [0.2, 0.25) is 5.89 Å². The van der Waals surface area contributed by atoms with Crippen molar-refractivity contribution in [3.8, 4) is 0 Å². The Morgan fingerprint density at radius 3 is 3.11 bits per heavy atom. The summed E-state index contributed by atoms with van der Waals surface area (Å²) in [6.07, 6.45) is 5.69. The smallest absolute Gasteiger partial charge is 0.266 e. The van der Waals surface area contributed by atoms with Crippen molar-refractivity contribution in [1.29, 1.82) is 0 Å². The second-order valence-corrected chi connectivity index (χ2v) is 4.93. The number of piperidine rings is 1. The van der Waals surface area contributed by atoms with Gasteiger partial charge in [-0.2, -0.15) is 4.98 Å². The number of hydrogen-bond donors (Lipinski definition) is 0. The van der Waals surface area contributed by atoms with E-state index in [-0.39, 0.29) is 0 Å². The number of aromatic nitrogens is 2. The van der Waals surface area contributed by atoms with Crippen molar-refractivity contribution >= 4 is 5.95 Å². The maximum Gasteiger partial charge on any atom is 0.266 e. The Labute approximate surface area is 108 Å². The van der Waals surface area contributed by atoms with Crippen LogP contribution >= 0.6 is 0 Å². The minimum atomic E-state index is 0.728. The zero-order valence-corrected chi connectivity index (χ0v) is 11.4. The Kier molecular flexibility index (Phi) is 4.99. The van der Waals surface area contributed by atoms with Gasteiger partial charge in [0.15, 0.2) is 0 Å². The quantitative estimate of drug-likeness (QED) is 0.728. The predicted molar refractivity (Wildman–Crippen MR) is 69.7 cm³/mol. The summed E-state index contributed by atoms with van der Waals surface area (Å²) in [7, 11) is 1.76. The van der Waals surface area contributed by atoms with E-state index in [1.807, 2.05) is 6.92 Å². The molecule has 102 valence electrons. The summed E-state index contributed by atoms with van der Waals surface area (Å²) in [5.41, 5.74) is 0. The van der Waals surface area contributed by atoms with Gasteiger partial charge in [-0.15, -0.1) is 0 Å². The van der Waals surface area contributed by atoms with E-state index in [0.717, 1.165) is 50.3 Å². The summed E-state index contributed by atoms with van der Waals surface area (Å²) in [5.74, 6) is 2.23. The average Bonchev–Trinajstić information content (AvgIpc) is 2.88. The zero-order valence-electron chi connectivity index (χ0n) is 11.4. The first-order valence-corrected chi connectivity index (χ1v) is 6.90. The third-order valence-corrected chi connectivity index (χ3v) is 3.52. The Bertz CT molecular complexity index is 354. The highest BCUT2D eigenvalue weighted by Crippen LogP contribution is 2.24. The van der Waals surface area contributed by atoms with Crippen LogP contribution in [-0.4, -0.2) is 36.9 Å². The normalized spacial score (nSPS) is 20.3. The highest BCUT2D eigenvalue weighted by Gasteiger charge is 2.22. The fourth-order valence-electron chi connectivity index (χ4n) is 2.52. The third-order valence-electron chi connectivity index (χ3n) is 3.52. The van der Waals surface area contributed by atoms with Crippen LogP contribution in [0, 0.1) is 5.92 Å². The fourth-order valence-corrected chi connectivity index (χ4v) is 2.52. The van der Waals surface area contributed by atoms with Gasteiger partial charge in [0.1, 0.15) is 0 Å². The summed E-state index contributed by atoms with van der Waals surface area (Å²) in [6, 6.07) is 0. The van der Waals surface area contributed by atoms with Crippen LogP contribution in [0.25, 0.3) is 0 Å². The average molecular weight is 253 g/mol. The van der Waals surface area contributed by atoms with Gasteiger partial charge in [0.25, 0.3) is 5.95 Å². The van der Waals surface area contributed by atoms with E-state index in [0.29, 0.717) is 0 Å². The number of anilines is 1. The van der Waals surface area contributed by atoms with Crippen molar-refractivity contribution in [2.75, 3.05) is 31.7 Å². The molecule has 0 radical (unpaired) electrons. The molecule has 1 atom stereocenters. The zero-order chi connectivity index (χ0) is 12.8. The van der Waals surface area contributed by atoms with Gasteiger partial charge in [-0.05, 0) is 36.8 Å². The maximum absolute atomic E-state index is 5.18. The molecular formula is C13H23N3O2. The summed E-state index contributed by atoms with van der Waals surface area (Å²) < 4.78 is 10.3. The standard InChI is InChI=1S/C13H23N3O2/c1-3-12-14-13(15-18-12)16-8-4-6-11(10-16)7-5-9-17-2/h11H,3-10H2,1-2H3/t11-/m0/s1. The van der Waals surface area contributed by atoms with Gasteiger partial charge in [0.05, 0.1) is 0 Å². The van der Waals surface area contributed by atoms with Gasteiger partial charge in [-0.3, -0.25) is 0 Å². The molecule has 0 N–H and O–H groups in total. The molecule has 0 saturated carbocycles. The minimum Gasteiger partial charge on any atom is -0.385 e. The lowest BCUT2D eigenvalue weighted by molar-refractivity contribution is 0.184. The second kappa shape index (κ2) is 6.73. The molecule has 0 amide bonds. The van der Waals surface area contributed by atoms with Crippen molar-refractivity contribution in [3.05, 3.63) is 5.89 Å². The molecule has 1 saturated heterocycles. The molecule has 0 aliphatic carbocycles. The first-order chi connectivity index (χ1) is 8.83. The molecule has 2 rings (SSSR count). The van der Waals surface area contributed by atoms with Gasteiger partial charge < -0.3 is 14.2 Å². The van der Waals surface area contributed by atoms with E-state index >= 15 is 0 Å². The van der Waals surface area contributed by atoms with E-state index in [1.54, 1.807) is 7.11 Å². The van der Waals surface area contributed by atoms with Gasteiger partial charge in [0, 0.05) is 33.2 Å². The summed E-state index contributed by atoms with van der Waals surface area (Å²) in [5, 5.41) is 4.06. The van der Waals surface area contributed by atoms with Crippen LogP contribution in [0.5, 0.6) is 0 Å². The highest BCUT2D eigenvalue weighted by molar-refractivity contribution is 5.28. The molecule has 1 aromatic heterocycles. The Morgan fingerprint density at radius 1 is 1.50 bits per heavy atom. The molecule has 1 aliphatic rings. The number of nitrogens with zero attached hydrogens (tertiary/aromatic N) is 3. The topological polar surface area (TPSA) is 51.4 Å². The van der Waals surface area contributed by atoms with Crippen LogP contribution in [0.3, 0.4) is 0 Å². The largest absolute Gasteiger partial charge is 0.385 e. The van der Waals surface area contributed by atoms with Gasteiger partial charge >= 0.3 is 0 Å². The van der Waals surface area contributed by atoms with E-state index in [4.69, 9.17) is 9.26 Å². The first kappa shape index (κ1) is 13.3. The monoisotopic (exact) mass is 253 g/mol. The number of methoxy groups -OCH3 is 1. The minimum absolute atomic E-state index is 0.728. The molecule has 0 spiro atoms. The van der Waals surface area contributed by atoms with Crippen molar-refractivity contribution in [1.82, 2.24) is 10.1 Å². The Morgan fingerprint density at radius 2 is 2.39 bits per heavy atom. The molecular weight excluding hydrogens is 230 g/mol. The Balaban J connectivity index is 1.85. The molecule has 2 heterocycles. The van der Waals surface area contributed by atoms with Crippen LogP contribution in [0.2, 0.25) is 0 Å². The van der Waals surface area contributed by atoms with Crippen LogP contribution < -0.4 is 4.90 Å². The summed E-state index contributed by atoms with van der Waals surface area (Å²) in [4.78, 5) is 6.66. The number of ether oxygens (including phenoxy) is 1. The van der Waals surface area contributed by atoms with Crippen LogP contribution in [0.15, 0.2) is 4.52 Å². The third kappa shape index (κ3) is 3.45. The van der Waals surface area contributed by atoms with E-state index < -0.39 is 0 Å². The fraction of sp³-hybridized carbons (Fsp3) is 0.846. The molecule has 5 heteroatoms. The van der Waals surface area contributed by atoms with Gasteiger partial charge in [-0.1, -0.05) is 6.92 Å². The van der Waals surface area contributed by atoms with E-state index in [9.17, 15) is 0 Å². The molecule has 18 heavy (non-hydrogen) atoms. The lowest BCUT2D eigenvalue weighted by atomic mass is 9.94. The maximum atomic E-state index is 5.18. The van der Waals surface area contributed by atoms with Crippen LogP contribution in [0.1, 0.15) is 38.5 Å². The second-order valence-electron chi connectivity index (χ2n) is 4.93. The Hall–Kier alpha value is -1.10. The molecule has 1 aliphatic heterocycles. The molecule has 0 bridgehead atoms. The predicted octanol–water partition coefficient (Wildman–Crippen LogP) is 2.28. The molecule has 5 nitrogen and oxygen atoms in total. The lowest BCUT2D eigenvalue weighted by Crippen LogP contribution is -2.36. The lowest BCUT2D eigenvalue weighted by Gasteiger charge is -2.31. The van der Waals surface area contributed by atoms with E-state index in [1.165, 1.54) is 19.3 Å². The van der Waals surface area contributed by atoms with Crippen LogP contribution in [-0.2, 0) is 11.2 Å². The molecule has 1 fully saturated rings. The summed E-state index contributed by atoms with van der Waals surface area (Å²) in [6.45, 7) is 4.98. The number of rotatable bonds is 6. The molecule has 0 unspecified atom stereocenters. The van der Waals surface area contributed by atoms with E-state index in [2.05, 4.69) is 15.0 Å². The molecule has 1 aromatic rings. The molecule has 0 aromatic carbocycles. The highest BCUT2D eigenvalue weighted by atomic mass is 16.5. The first-order valence-electron chi connectivity index (χ1n) is 6.90. The number of aryl methyl sites for hydroxylation is 1.